The highest BCUT2D eigenvalue weighted by Crippen LogP contribution is 2.34. The van der Waals surface area contributed by atoms with Crippen LogP contribution in [0.3, 0.4) is 0 Å². The van der Waals surface area contributed by atoms with Crippen molar-refractivity contribution < 1.29 is 9.90 Å². The molecule has 0 spiro atoms. The number of hydrogen-bond donors (Lipinski definition) is 1. The van der Waals surface area contributed by atoms with Crippen LogP contribution in [-0.2, 0) is 4.79 Å². The van der Waals surface area contributed by atoms with Crippen LogP contribution in [0.15, 0.2) is 46.9 Å². The summed E-state index contributed by atoms with van der Waals surface area (Å²) in [6.45, 7) is 2.41. The van der Waals surface area contributed by atoms with Gasteiger partial charge in [0.25, 0.3) is 5.91 Å². The predicted octanol–water partition coefficient (Wildman–Crippen LogP) is 3.23. The minimum Gasteiger partial charge on any atom is -0.508 e. The van der Waals surface area contributed by atoms with E-state index < -0.39 is 0 Å². The third-order valence-electron chi connectivity index (χ3n) is 4.81. The molecule has 1 amide bonds. The van der Waals surface area contributed by atoms with Gasteiger partial charge >= 0.3 is 0 Å². The van der Waals surface area contributed by atoms with Gasteiger partial charge in [0.1, 0.15) is 5.75 Å². The number of phenolic OH excluding ortho intramolecular Hbond substituents is 1. The molecule has 3 heterocycles. The molecule has 5 nitrogen and oxygen atoms in total. The van der Waals surface area contributed by atoms with Gasteiger partial charge in [-0.05, 0) is 55.1 Å². The number of phenols is 1. The van der Waals surface area contributed by atoms with Crippen LogP contribution in [0.1, 0.15) is 35.7 Å². The Bertz CT molecular complexity index is 764. The maximum absolute atomic E-state index is 12.9. The third kappa shape index (κ3) is 3.45. The summed E-state index contributed by atoms with van der Waals surface area (Å²) in [5, 5.41) is 17.9. The lowest BCUT2D eigenvalue weighted by Gasteiger charge is -2.24. The van der Waals surface area contributed by atoms with E-state index >= 15 is 0 Å². The largest absolute Gasteiger partial charge is 0.508 e. The Hall–Kier alpha value is -2.18. The van der Waals surface area contributed by atoms with Gasteiger partial charge in [-0.2, -0.15) is 5.10 Å². The molecule has 6 heteroatoms. The van der Waals surface area contributed by atoms with Crippen molar-refractivity contribution in [1.82, 2.24) is 9.91 Å². The summed E-state index contributed by atoms with van der Waals surface area (Å²) in [6.07, 6.45) is 3.04. The molecule has 25 heavy (non-hydrogen) atoms. The minimum absolute atomic E-state index is 0.0477. The summed E-state index contributed by atoms with van der Waals surface area (Å²) in [4.78, 5) is 16.2. The van der Waals surface area contributed by atoms with Crippen molar-refractivity contribution in [1.29, 1.82) is 0 Å². The fourth-order valence-electron chi connectivity index (χ4n) is 3.49. The average molecular weight is 355 g/mol. The first-order valence-electron chi connectivity index (χ1n) is 8.65. The van der Waals surface area contributed by atoms with E-state index in [-0.39, 0.29) is 17.7 Å². The Morgan fingerprint density at radius 1 is 1.20 bits per heavy atom. The Kier molecular flexibility index (Phi) is 4.55. The summed E-state index contributed by atoms with van der Waals surface area (Å²) in [5.41, 5.74) is 1.96. The molecule has 0 unspecified atom stereocenters. The lowest BCUT2D eigenvalue weighted by Crippen LogP contribution is -2.36. The molecule has 4 rings (SSSR count). The molecule has 1 saturated heterocycles. The van der Waals surface area contributed by atoms with Crippen molar-refractivity contribution in [2.45, 2.75) is 25.3 Å². The number of thiophene rings is 1. The van der Waals surface area contributed by atoms with Crippen LogP contribution in [0.2, 0.25) is 0 Å². The zero-order valence-corrected chi connectivity index (χ0v) is 14.8. The molecule has 1 N–H and O–H groups in total. The van der Waals surface area contributed by atoms with E-state index in [2.05, 4.69) is 10.0 Å². The van der Waals surface area contributed by atoms with Crippen LogP contribution in [-0.4, -0.2) is 46.3 Å². The molecule has 0 radical (unpaired) electrons. The Morgan fingerprint density at radius 2 is 1.96 bits per heavy atom. The highest BCUT2D eigenvalue weighted by Gasteiger charge is 2.34. The number of aromatic hydroxyl groups is 1. The normalized spacial score (nSPS) is 20.9. The van der Waals surface area contributed by atoms with Crippen molar-refractivity contribution in [2.24, 2.45) is 5.10 Å². The number of likely N-dealkylation sites (tertiary alicyclic amines) is 1. The van der Waals surface area contributed by atoms with Gasteiger partial charge in [-0.1, -0.05) is 18.2 Å². The molecule has 1 aromatic carbocycles. The Morgan fingerprint density at radius 3 is 2.64 bits per heavy atom. The fourth-order valence-corrected chi connectivity index (χ4v) is 4.21. The van der Waals surface area contributed by atoms with Gasteiger partial charge in [0.15, 0.2) is 0 Å². The molecule has 0 saturated carbocycles. The van der Waals surface area contributed by atoms with E-state index in [4.69, 9.17) is 0 Å². The first kappa shape index (κ1) is 16.3. The number of carbonyl (C=O) groups is 1. The second-order valence-corrected chi connectivity index (χ2v) is 7.50. The van der Waals surface area contributed by atoms with Gasteiger partial charge in [-0.15, -0.1) is 11.3 Å². The number of rotatable bonds is 4. The van der Waals surface area contributed by atoms with E-state index in [1.807, 2.05) is 29.6 Å². The van der Waals surface area contributed by atoms with E-state index in [0.29, 0.717) is 13.0 Å². The maximum atomic E-state index is 12.9. The zero-order chi connectivity index (χ0) is 17.2. The van der Waals surface area contributed by atoms with Gasteiger partial charge in [-0.3, -0.25) is 9.69 Å². The highest BCUT2D eigenvalue weighted by atomic mass is 32.1. The lowest BCUT2D eigenvalue weighted by atomic mass is 10.0. The second-order valence-electron chi connectivity index (χ2n) is 6.56. The van der Waals surface area contributed by atoms with Crippen molar-refractivity contribution in [3.63, 3.8) is 0 Å². The Balaban J connectivity index is 1.59. The zero-order valence-electron chi connectivity index (χ0n) is 14.0. The molecule has 1 fully saturated rings. The monoisotopic (exact) mass is 355 g/mol. The molecule has 0 bridgehead atoms. The molecule has 0 aliphatic carbocycles. The average Bonchev–Trinajstić information content (AvgIpc) is 3.36. The van der Waals surface area contributed by atoms with Crippen LogP contribution in [0.25, 0.3) is 0 Å². The molecule has 1 aromatic heterocycles. The molecular weight excluding hydrogens is 334 g/mol. The first-order valence-corrected chi connectivity index (χ1v) is 9.53. The number of amides is 1. The van der Waals surface area contributed by atoms with Crippen LogP contribution < -0.4 is 0 Å². The molecule has 2 aliphatic rings. The van der Waals surface area contributed by atoms with E-state index in [1.165, 1.54) is 12.8 Å². The van der Waals surface area contributed by atoms with Crippen molar-refractivity contribution in [3.8, 4) is 5.75 Å². The van der Waals surface area contributed by atoms with Crippen molar-refractivity contribution >= 4 is 23.0 Å². The number of benzene rings is 1. The van der Waals surface area contributed by atoms with E-state index in [9.17, 15) is 9.90 Å². The number of carbonyl (C=O) groups excluding carboxylic acids is 1. The first-order chi connectivity index (χ1) is 12.2. The molecular formula is C19H21N3O2S. The van der Waals surface area contributed by atoms with Gasteiger partial charge in [0.05, 0.1) is 23.2 Å². The van der Waals surface area contributed by atoms with Crippen LogP contribution >= 0.6 is 11.3 Å². The van der Waals surface area contributed by atoms with Crippen molar-refractivity contribution in [2.75, 3.05) is 19.6 Å². The van der Waals surface area contributed by atoms with Gasteiger partial charge in [0.2, 0.25) is 0 Å². The molecule has 1 atom stereocenters. The number of hydrazone groups is 1. The standard InChI is InChI=1S/C19H21N3O2S/c23-15-7-5-14(6-8-15)17-12-16(18-4-3-11-25-18)20-22(17)19(24)13-21-9-1-2-10-21/h3-8,11,17,23H,1-2,9-10,12-13H2/t17-/m1/s1. The fraction of sp³-hybridized carbons (Fsp3) is 0.368. The summed E-state index contributed by atoms with van der Waals surface area (Å²) < 4.78 is 0. The minimum atomic E-state index is -0.104. The quantitative estimate of drug-likeness (QED) is 0.916. The topological polar surface area (TPSA) is 56.1 Å². The summed E-state index contributed by atoms with van der Waals surface area (Å²) >= 11 is 1.65. The van der Waals surface area contributed by atoms with Gasteiger partial charge in [0, 0.05) is 6.42 Å². The van der Waals surface area contributed by atoms with Gasteiger partial charge in [-0.25, -0.2) is 5.01 Å². The van der Waals surface area contributed by atoms with Crippen LogP contribution in [0, 0.1) is 0 Å². The highest BCUT2D eigenvalue weighted by molar-refractivity contribution is 7.12. The number of nitrogens with zero attached hydrogens (tertiary/aromatic N) is 3. The molecule has 130 valence electrons. The van der Waals surface area contributed by atoms with E-state index in [1.54, 1.807) is 28.5 Å². The van der Waals surface area contributed by atoms with Crippen molar-refractivity contribution in [3.05, 3.63) is 52.2 Å². The molecule has 2 aliphatic heterocycles. The lowest BCUT2D eigenvalue weighted by molar-refractivity contribution is -0.134. The smallest absolute Gasteiger partial charge is 0.257 e. The summed E-state index contributed by atoms with van der Waals surface area (Å²) in [7, 11) is 0. The SMILES string of the molecule is O=C(CN1CCCC1)N1N=C(c2cccs2)C[C@@H]1c1ccc(O)cc1. The van der Waals surface area contributed by atoms with E-state index in [0.717, 1.165) is 29.2 Å². The molecule has 2 aromatic rings. The maximum Gasteiger partial charge on any atom is 0.257 e. The summed E-state index contributed by atoms with van der Waals surface area (Å²) in [5.74, 6) is 0.280. The number of hydrogen-bond acceptors (Lipinski definition) is 5. The van der Waals surface area contributed by atoms with Crippen LogP contribution in [0.4, 0.5) is 0 Å². The predicted molar refractivity (Wildman–Crippen MR) is 98.8 cm³/mol. The second kappa shape index (κ2) is 6.98. The van der Waals surface area contributed by atoms with Crippen LogP contribution in [0.5, 0.6) is 5.75 Å². The van der Waals surface area contributed by atoms with Gasteiger partial charge < -0.3 is 5.11 Å². The third-order valence-corrected chi connectivity index (χ3v) is 5.73. The summed E-state index contributed by atoms with van der Waals surface area (Å²) in [6, 6.07) is 11.0. The Labute approximate surface area is 151 Å².